The van der Waals surface area contributed by atoms with Crippen LogP contribution in [0.25, 0.3) is 5.69 Å². The molecule has 0 aliphatic rings. The minimum Gasteiger partial charge on any atom is -0.382 e. The van der Waals surface area contributed by atoms with Crippen molar-refractivity contribution in [2.45, 2.75) is 6.92 Å². The molecule has 0 unspecified atom stereocenters. The van der Waals surface area contributed by atoms with Crippen molar-refractivity contribution in [1.82, 2.24) is 9.78 Å². The molecular weight excluding hydrogens is 234 g/mol. The molecule has 1 heterocycles. The number of nitrogens with zero attached hydrogens (tertiary/aromatic N) is 4. The van der Waals surface area contributed by atoms with E-state index in [2.05, 4.69) is 5.10 Å². The van der Waals surface area contributed by atoms with Gasteiger partial charge in [-0.2, -0.15) is 10.4 Å². The van der Waals surface area contributed by atoms with E-state index in [1.54, 1.807) is 13.0 Å². The summed E-state index contributed by atoms with van der Waals surface area (Å²) in [5, 5.41) is 23.7. The monoisotopic (exact) mass is 243 g/mol. The molecule has 0 saturated carbocycles. The van der Waals surface area contributed by atoms with E-state index in [0.717, 1.165) is 0 Å². The van der Waals surface area contributed by atoms with Gasteiger partial charge in [-0.1, -0.05) is 0 Å². The minimum atomic E-state index is -0.548. The minimum absolute atomic E-state index is 0.180. The molecular formula is C11H9N5O2. The smallest absolute Gasteiger partial charge is 0.296 e. The van der Waals surface area contributed by atoms with Crippen molar-refractivity contribution in [3.8, 4) is 11.8 Å². The normalized spacial score (nSPS) is 10.0. The Morgan fingerprint density at radius 1 is 1.50 bits per heavy atom. The standard InChI is InChI=1S/C11H9N5O2/c1-7-4-11(13)14-15(7)9-3-2-8(6-12)5-10(9)16(17)18/h2-5H,1H3,(H2,13,14). The highest BCUT2D eigenvalue weighted by atomic mass is 16.6. The van der Waals surface area contributed by atoms with Crippen molar-refractivity contribution >= 4 is 11.5 Å². The van der Waals surface area contributed by atoms with Crippen LogP contribution in [0.2, 0.25) is 0 Å². The van der Waals surface area contributed by atoms with Crippen molar-refractivity contribution in [1.29, 1.82) is 5.26 Å². The summed E-state index contributed by atoms with van der Waals surface area (Å²) < 4.78 is 1.38. The van der Waals surface area contributed by atoms with Gasteiger partial charge in [-0.05, 0) is 19.1 Å². The molecule has 0 saturated heterocycles. The number of rotatable bonds is 2. The molecule has 18 heavy (non-hydrogen) atoms. The fraction of sp³-hybridized carbons (Fsp3) is 0.0909. The first-order valence-electron chi connectivity index (χ1n) is 5.04. The van der Waals surface area contributed by atoms with Crippen LogP contribution >= 0.6 is 0 Å². The second kappa shape index (κ2) is 4.18. The number of aromatic nitrogens is 2. The fourth-order valence-electron chi connectivity index (χ4n) is 1.66. The second-order valence-electron chi connectivity index (χ2n) is 3.69. The van der Waals surface area contributed by atoms with Crippen LogP contribution in [0.4, 0.5) is 11.5 Å². The maximum Gasteiger partial charge on any atom is 0.296 e. The van der Waals surface area contributed by atoms with Crippen LogP contribution in [0.3, 0.4) is 0 Å². The molecule has 2 aromatic rings. The Morgan fingerprint density at radius 2 is 2.22 bits per heavy atom. The predicted octanol–water partition coefficient (Wildman–Crippen LogP) is 1.54. The molecule has 0 spiro atoms. The summed E-state index contributed by atoms with van der Waals surface area (Å²) in [5.41, 5.74) is 6.56. The lowest BCUT2D eigenvalue weighted by atomic mass is 10.2. The number of anilines is 1. The molecule has 0 amide bonds. The zero-order chi connectivity index (χ0) is 13.3. The number of hydrogen-bond acceptors (Lipinski definition) is 5. The Morgan fingerprint density at radius 3 is 2.72 bits per heavy atom. The van der Waals surface area contributed by atoms with Crippen molar-refractivity contribution in [2.24, 2.45) is 0 Å². The summed E-state index contributed by atoms with van der Waals surface area (Å²) in [6.45, 7) is 1.74. The molecule has 1 aromatic heterocycles. The number of aryl methyl sites for hydroxylation is 1. The van der Waals surface area contributed by atoms with Gasteiger partial charge >= 0.3 is 0 Å². The zero-order valence-electron chi connectivity index (χ0n) is 9.49. The van der Waals surface area contributed by atoms with Crippen LogP contribution in [-0.2, 0) is 0 Å². The van der Waals surface area contributed by atoms with Crippen molar-refractivity contribution in [2.75, 3.05) is 5.73 Å². The number of benzene rings is 1. The summed E-state index contributed by atoms with van der Waals surface area (Å²) in [5.74, 6) is 0.283. The number of nitrogens with two attached hydrogens (primary N) is 1. The van der Waals surface area contributed by atoms with E-state index in [0.29, 0.717) is 5.69 Å². The topological polar surface area (TPSA) is 111 Å². The highest BCUT2D eigenvalue weighted by Crippen LogP contribution is 2.25. The summed E-state index contributed by atoms with van der Waals surface area (Å²) >= 11 is 0. The Balaban J connectivity index is 2.68. The summed E-state index contributed by atoms with van der Waals surface area (Å²) in [7, 11) is 0. The molecule has 0 atom stereocenters. The van der Waals surface area contributed by atoms with Gasteiger partial charge in [0.15, 0.2) is 0 Å². The summed E-state index contributed by atoms with van der Waals surface area (Å²) in [6.07, 6.45) is 0. The lowest BCUT2D eigenvalue weighted by Gasteiger charge is -2.05. The van der Waals surface area contributed by atoms with Gasteiger partial charge in [0.05, 0.1) is 16.6 Å². The van der Waals surface area contributed by atoms with E-state index in [1.807, 2.05) is 6.07 Å². The van der Waals surface area contributed by atoms with E-state index >= 15 is 0 Å². The Labute approximate surface area is 102 Å². The lowest BCUT2D eigenvalue weighted by Crippen LogP contribution is -2.04. The Bertz CT molecular complexity index is 669. The Hall–Kier alpha value is -2.88. The highest BCUT2D eigenvalue weighted by Gasteiger charge is 2.18. The van der Waals surface area contributed by atoms with Crippen LogP contribution in [0.15, 0.2) is 24.3 Å². The van der Waals surface area contributed by atoms with Crippen LogP contribution in [0.1, 0.15) is 11.3 Å². The van der Waals surface area contributed by atoms with Gasteiger partial charge < -0.3 is 5.73 Å². The van der Waals surface area contributed by atoms with Gasteiger partial charge in [0, 0.05) is 17.8 Å². The molecule has 7 heteroatoms. The third-order valence-electron chi connectivity index (χ3n) is 2.44. The lowest BCUT2D eigenvalue weighted by molar-refractivity contribution is -0.384. The van der Waals surface area contributed by atoms with E-state index in [1.165, 1.54) is 22.9 Å². The van der Waals surface area contributed by atoms with Crippen LogP contribution in [0.5, 0.6) is 0 Å². The van der Waals surface area contributed by atoms with Gasteiger partial charge in [-0.15, -0.1) is 0 Å². The van der Waals surface area contributed by atoms with Gasteiger partial charge in [-0.25, -0.2) is 4.68 Å². The number of hydrogen-bond donors (Lipinski definition) is 1. The van der Waals surface area contributed by atoms with Crippen molar-refractivity contribution in [3.63, 3.8) is 0 Å². The number of nitro groups is 1. The van der Waals surface area contributed by atoms with Crippen LogP contribution < -0.4 is 5.73 Å². The first-order chi connectivity index (χ1) is 8.52. The quantitative estimate of drug-likeness (QED) is 0.635. The molecule has 2 N–H and O–H groups in total. The molecule has 0 bridgehead atoms. The van der Waals surface area contributed by atoms with Gasteiger partial charge in [0.2, 0.25) is 0 Å². The third-order valence-corrected chi connectivity index (χ3v) is 2.44. The molecule has 90 valence electrons. The molecule has 7 nitrogen and oxygen atoms in total. The zero-order valence-corrected chi connectivity index (χ0v) is 9.49. The van der Waals surface area contributed by atoms with Crippen LogP contribution in [0, 0.1) is 28.4 Å². The molecule has 0 radical (unpaired) electrons. The number of nitrogen functional groups attached to an aromatic ring is 1. The third kappa shape index (κ3) is 1.87. The van der Waals surface area contributed by atoms with Gasteiger partial charge in [0.1, 0.15) is 11.5 Å². The Kier molecular flexibility index (Phi) is 2.69. The molecule has 0 aliphatic carbocycles. The molecule has 0 aliphatic heterocycles. The van der Waals surface area contributed by atoms with E-state index in [9.17, 15) is 10.1 Å². The van der Waals surface area contributed by atoms with E-state index < -0.39 is 4.92 Å². The first-order valence-corrected chi connectivity index (χ1v) is 5.04. The number of nitriles is 1. The maximum absolute atomic E-state index is 11.0. The average molecular weight is 243 g/mol. The van der Waals surface area contributed by atoms with Crippen molar-refractivity contribution in [3.05, 3.63) is 45.6 Å². The fourth-order valence-corrected chi connectivity index (χ4v) is 1.66. The van der Waals surface area contributed by atoms with Crippen molar-refractivity contribution < 1.29 is 4.92 Å². The number of nitro benzene ring substituents is 1. The van der Waals surface area contributed by atoms with E-state index in [4.69, 9.17) is 11.0 Å². The highest BCUT2D eigenvalue weighted by molar-refractivity contribution is 5.57. The largest absolute Gasteiger partial charge is 0.382 e. The van der Waals surface area contributed by atoms with Gasteiger partial charge in [-0.3, -0.25) is 10.1 Å². The molecule has 2 rings (SSSR count). The van der Waals surface area contributed by atoms with Crippen LogP contribution in [-0.4, -0.2) is 14.7 Å². The predicted molar refractivity (Wildman–Crippen MR) is 64.1 cm³/mol. The SMILES string of the molecule is Cc1cc(N)nn1-c1ccc(C#N)cc1[N+](=O)[O-]. The molecule has 1 aromatic carbocycles. The van der Waals surface area contributed by atoms with Gasteiger partial charge in [0.25, 0.3) is 5.69 Å². The summed E-state index contributed by atoms with van der Waals surface area (Å²) in [4.78, 5) is 10.5. The summed E-state index contributed by atoms with van der Waals surface area (Å²) in [6, 6.07) is 7.67. The second-order valence-corrected chi connectivity index (χ2v) is 3.69. The average Bonchev–Trinajstić information content (AvgIpc) is 2.67. The van der Waals surface area contributed by atoms with E-state index in [-0.39, 0.29) is 22.8 Å². The first kappa shape index (κ1) is 11.6. The molecule has 0 fully saturated rings. The maximum atomic E-state index is 11.0.